The van der Waals surface area contributed by atoms with E-state index in [1.165, 1.54) is 0 Å². The van der Waals surface area contributed by atoms with Crippen molar-refractivity contribution >= 4 is 5.91 Å². The fraction of sp³-hybridized carbons (Fsp3) is 0.462. The molecule has 19 heavy (non-hydrogen) atoms. The number of hydrogen-bond donors (Lipinski definition) is 1. The number of carbonyl (C=O) groups is 1. The maximum atomic E-state index is 11.6. The van der Waals surface area contributed by atoms with E-state index < -0.39 is 0 Å². The van der Waals surface area contributed by atoms with Gasteiger partial charge in [-0.3, -0.25) is 9.69 Å². The fourth-order valence-electron chi connectivity index (χ4n) is 1.61. The van der Waals surface area contributed by atoms with Gasteiger partial charge in [-0.05, 0) is 13.1 Å². The molecule has 0 saturated carbocycles. The quantitative estimate of drug-likeness (QED) is 0.708. The number of nitriles is 1. The number of hydrogen-bond acceptors (Lipinski definition) is 5. The number of amides is 1. The molecule has 0 aromatic carbocycles. The predicted octanol–water partition coefficient (Wildman–Crippen LogP) is 0.148. The van der Waals surface area contributed by atoms with Crippen LogP contribution < -0.4 is 5.32 Å². The van der Waals surface area contributed by atoms with E-state index in [0.717, 1.165) is 5.56 Å². The van der Waals surface area contributed by atoms with Crippen LogP contribution in [0.25, 0.3) is 0 Å². The molecule has 1 aromatic heterocycles. The highest BCUT2D eigenvalue weighted by Gasteiger charge is 2.09. The zero-order valence-corrected chi connectivity index (χ0v) is 11.2. The fourth-order valence-corrected chi connectivity index (χ4v) is 1.61. The van der Waals surface area contributed by atoms with Crippen LogP contribution in [0.1, 0.15) is 11.3 Å². The first kappa shape index (κ1) is 15.1. The normalized spacial score (nSPS) is 10.2. The van der Waals surface area contributed by atoms with E-state index in [9.17, 15) is 4.79 Å². The first-order valence-corrected chi connectivity index (χ1v) is 5.95. The Balaban J connectivity index is 2.44. The summed E-state index contributed by atoms with van der Waals surface area (Å²) in [6.07, 6.45) is 1.58. The Morgan fingerprint density at radius 3 is 3.11 bits per heavy atom. The molecule has 0 fully saturated rings. The third-order valence-corrected chi connectivity index (χ3v) is 2.48. The molecule has 102 valence electrons. The summed E-state index contributed by atoms with van der Waals surface area (Å²) in [6, 6.07) is 5.66. The largest absolute Gasteiger partial charge is 0.383 e. The maximum absolute atomic E-state index is 11.6. The molecule has 1 rings (SSSR count). The minimum atomic E-state index is -0.0676. The van der Waals surface area contributed by atoms with Gasteiger partial charge in [0.15, 0.2) is 0 Å². The van der Waals surface area contributed by atoms with Crippen molar-refractivity contribution in [1.29, 1.82) is 5.26 Å². The molecule has 0 saturated heterocycles. The van der Waals surface area contributed by atoms with Crippen LogP contribution in [-0.2, 0) is 16.1 Å². The van der Waals surface area contributed by atoms with E-state index >= 15 is 0 Å². The molecule has 1 N–H and O–H groups in total. The van der Waals surface area contributed by atoms with Gasteiger partial charge in [-0.2, -0.15) is 5.26 Å². The number of ether oxygens (including phenoxy) is 1. The number of likely N-dealkylation sites (N-methyl/N-ethyl adjacent to an activating group) is 1. The van der Waals surface area contributed by atoms with Crippen LogP contribution in [0.4, 0.5) is 0 Å². The molecule has 0 bridgehead atoms. The molecule has 1 heterocycles. The van der Waals surface area contributed by atoms with Crippen LogP contribution in [0.5, 0.6) is 0 Å². The number of nitrogens with one attached hydrogen (secondary N) is 1. The summed E-state index contributed by atoms with van der Waals surface area (Å²) < 4.78 is 4.85. The molecule has 6 nitrogen and oxygen atoms in total. The van der Waals surface area contributed by atoms with Crippen molar-refractivity contribution in [3.63, 3.8) is 0 Å². The van der Waals surface area contributed by atoms with Gasteiger partial charge in [0, 0.05) is 32.0 Å². The summed E-state index contributed by atoms with van der Waals surface area (Å²) in [5, 5.41) is 11.7. The van der Waals surface area contributed by atoms with Gasteiger partial charge in [0.25, 0.3) is 0 Å². The van der Waals surface area contributed by atoms with Crippen LogP contribution in [0.15, 0.2) is 18.3 Å². The van der Waals surface area contributed by atoms with Gasteiger partial charge in [-0.25, -0.2) is 4.98 Å². The van der Waals surface area contributed by atoms with Gasteiger partial charge < -0.3 is 10.1 Å². The lowest BCUT2D eigenvalue weighted by molar-refractivity contribution is -0.122. The predicted molar refractivity (Wildman–Crippen MR) is 70.2 cm³/mol. The first-order valence-electron chi connectivity index (χ1n) is 5.95. The number of carbonyl (C=O) groups excluding carboxylic acids is 1. The van der Waals surface area contributed by atoms with E-state index in [1.807, 2.05) is 24.1 Å². The van der Waals surface area contributed by atoms with E-state index in [-0.39, 0.29) is 12.5 Å². The van der Waals surface area contributed by atoms with E-state index in [0.29, 0.717) is 25.4 Å². The highest BCUT2D eigenvalue weighted by atomic mass is 16.5. The summed E-state index contributed by atoms with van der Waals surface area (Å²) in [7, 11) is 3.41. The van der Waals surface area contributed by atoms with Gasteiger partial charge in [0.05, 0.1) is 13.2 Å². The topological polar surface area (TPSA) is 78.2 Å². The van der Waals surface area contributed by atoms with Crippen molar-refractivity contribution in [2.45, 2.75) is 6.54 Å². The second-order valence-corrected chi connectivity index (χ2v) is 4.14. The van der Waals surface area contributed by atoms with Crippen molar-refractivity contribution in [2.24, 2.45) is 0 Å². The summed E-state index contributed by atoms with van der Waals surface area (Å²) in [6.45, 7) is 1.77. The summed E-state index contributed by atoms with van der Waals surface area (Å²) in [4.78, 5) is 17.4. The van der Waals surface area contributed by atoms with Crippen molar-refractivity contribution in [1.82, 2.24) is 15.2 Å². The zero-order valence-electron chi connectivity index (χ0n) is 11.2. The Labute approximate surface area is 113 Å². The maximum Gasteiger partial charge on any atom is 0.234 e. The highest BCUT2D eigenvalue weighted by molar-refractivity contribution is 5.77. The minimum absolute atomic E-state index is 0.0676. The van der Waals surface area contributed by atoms with Crippen LogP contribution in [-0.4, -0.2) is 49.6 Å². The summed E-state index contributed by atoms with van der Waals surface area (Å²) in [5.41, 5.74) is 1.21. The Morgan fingerprint density at radius 2 is 2.42 bits per heavy atom. The molecular weight excluding hydrogens is 244 g/mol. The molecule has 0 radical (unpaired) electrons. The highest BCUT2D eigenvalue weighted by Crippen LogP contribution is 2.06. The molecule has 0 spiro atoms. The molecule has 1 amide bonds. The lowest BCUT2D eigenvalue weighted by Crippen LogP contribution is -2.36. The van der Waals surface area contributed by atoms with Crippen molar-refractivity contribution in [3.05, 3.63) is 29.6 Å². The Morgan fingerprint density at radius 1 is 1.63 bits per heavy atom. The standard InChI is InChI=1S/C13H18N4O2/c1-17(10-13(18)16-6-7-19-2)9-11-4-3-5-15-12(11)8-14/h3-5H,6-7,9-10H2,1-2H3,(H,16,18). The Bertz CT molecular complexity index is 456. The minimum Gasteiger partial charge on any atom is -0.383 e. The molecular formula is C13H18N4O2. The number of rotatable bonds is 7. The van der Waals surface area contributed by atoms with Gasteiger partial charge in [-0.1, -0.05) is 6.07 Å². The monoisotopic (exact) mass is 262 g/mol. The second kappa shape index (κ2) is 8.19. The molecule has 0 unspecified atom stereocenters. The third kappa shape index (κ3) is 5.46. The second-order valence-electron chi connectivity index (χ2n) is 4.14. The first-order chi connectivity index (χ1) is 9.17. The summed E-state index contributed by atoms with van der Waals surface area (Å²) in [5.74, 6) is -0.0676. The SMILES string of the molecule is COCCNC(=O)CN(C)Cc1cccnc1C#N. The lowest BCUT2D eigenvalue weighted by atomic mass is 10.2. The van der Waals surface area contributed by atoms with Gasteiger partial charge in [-0.15, -0.1) is 0 Å². The van der Waals surface area contributed by atoms with E-state index in [1.54, 1.807) is 19.4 Å². The molecule has 0 aliphatic carbocycles. The number of methoxy groups -OCH3 is 1. The molecule has 1 aromatic rings. The molecule has 0 atom stereocenters. The van der Waals surface area contributed by atoms with E-state index in [2.05, 4.69) is 10.3 Å². The Kier molecular flexibility index (Phi) is 6.50. The smallest absolute Gasteiger partial charge is 0.234 e. The van der Waals surface area contributed by atoms with Crippen molar-refractivity contribution in [2.75, 3.05) is 33.9 Å². The molecule has 0 aliphatic rings. The lowest BCUT2D eigenvalue weighted by Gasteiger charge is -2.16. The molecule has 6 heteroatoms. The number of nitrogens with zero attached hydrogens (tertiary/aromatic N) is 3. The zero-order chi connectivity index (χ0) is 14.1. The van der Waals surface area contributed by atoms with Crippen LogP contribution in [0.2, 0.25) is 0 Å². The average Bonchev–Trinajstić information content (AvgIpc) is 2.39. The summed E-state index contributed by atoms with van der Waals surface area (Å²) >= 11 is 0. The van der Waals surface area contributed by atoms with Crippen LogP contribution in [0.3, 0.4) is 0 Å². The van der Waals surface area contributed by atoms with Crippen molar-refractivity contribution < 1.29 is 9.53 Å². The van der Waals surface area contributed by atoms with Gasteiger partial charge >= 0.3 is 0 Å². The van der Waals surface area contributed by atoms with Crippen LogP contribution in [0, 0.1) is 11.3 Å². The van der Waals surface area contributed by atoms with Crippen molar-refractivity contribution in [3.8, 4) is 6.07 Å². The van der Waals surface area contributed by atoms with E-state index in [4.69, 9.17) is 10.00 Å². The number of pyridine rings is 1. The molecule has 0 aliphatic heterocycles. The van der Waals surface area contributed by atoms with Crippen LogP contribution >= 0.6 is 0 Å². The third-order valence-electron chi connectivity index (χ3n) is 2.48. The number of aromatic nitrogens is 1. The average molecular weight is 262 g/mol. The van der Waals surface area contributed by atoms with Gasteiger partial charge in [0.1, 0.15) is 11.8 Å². The van der Waals surface area contributed by atoms with Gasteiger partial charge in [0.2, 0.25) is 5.91 Å². The Hall–Kier alpha value is -1.97.